The van der Waals surface area contributed by atoms with Gasteiger partial charge >= 0.3 is 11.9 Å². The summed E-state index contributed by atoms with van der Waals surface area (Å²) < 4.78 is 22.1. The molecule has 31 heavy (non-hydrogen) atoms. The summed E-state index contributed by atoms with van der Waals surface area (Å²) in [4.78, 5) is 25.4. The van der Waals surface area contributed by atoms with Crippen LogP contribution in [0.3, 0.4) is 0 Å². The third-order valence-electron chi connectivity index (χ3n) is 5.22. The Kier molecular flexibility index (Phi) is 4.18. The SMILES string of the molecule is COC(=O)c1c2c(c3ccc(O)cc3c1C(=O)OC)Oc1cc3ccccc3cc1O2. The molecule has 0 amide bonds. The minimum Gasteiger partial charge on any atom is -0.508 e. The van der Waals surface area contributed by atoms with Gasteiger partial charge in [-0.2, -0.15) is 0 Å². The molecule has 0 bridgehead atoms. The van der Waals surface area contributed by atoms with Gasteiger partial charge in [0, 0.05) is 10.8 Å². The lowest BCUT2D eigenvalue weighted by Gasteiger charge is -2.25. The molecule has 0 aromatic heterocycles. The van der Waals surface area contributed by atoms with Gasteiger partial charge in [0.15, 0.2) is 23.0 Å². The smallest absolute Gasteiger partial charge is 0.342 e. The normalized spacial score (nSPS) is 11.8. The van der Waals surface area contributed by atoms with Crippen LogP contribution in [0.5, 0.6) is 28.7 Å². The molecule has 0 aliphatic carbocycles. The molecule has 5 rings (SSSR count). The summed E-state index contributed by atoms with van der Waals surface area (Å²) in [5, 5.41) is 12.7. The van der Waals surface area contributed by atoms with Crippen molar-refractivity contribution in [2.24, 2.45) is 0 Å². The molecule has 1 aliphatic heterocycles. The second kappa shape index (κ2) is 6.91. The van der Waals surface area contributed by atoms with Gasteiger partial charge in [-0.15, -0.1) is 0 Å². The minimum atomic E-state index is -0.797. The summed E-state index contributed by atoms with van der Waals surface area (Å²) in [6.45, 7) is 0. The van der Waals surface area contributed by atoms with Crippen LogP contribution in [0.25, 0.3) is 21.5 Å². The number of carbonyl (C=O) groups is 2. The molecule has 0 spiro atoms. The molecular formula is C24H16O7. The van der Waals surface area contributed by atoms with E-state index < -0.39 is 11.9 Å². The maximum atomic E-state index is 12.8. The van der Waals surface area contributed by atoms with Crippen LogP contribution in [-0.2, 0) is 9.47 Å². The highest BCUT2D eigenvalue weighted by Crippen LogP contribution is 2.53. The van der Waals surface area contributed by atoms with Crippen LogP contribution in [0.4, 0.5) is 0 Å². The Bertz CT molecular complexity index is 1400. The minimum absolute atomic E-state index is 0.0493. The van der Waals surface area contributed by atoms with Gasteiger partial charge in [0.25, 0.3) is 0 Å². The predicted molar refractivity (Wildman–Crippen MR) is 112 cm³/mol. The molecular weight excluding hydrogens is 400 g/mol. The highest BCUT2D eigenvalue weighted by atomic mass is 16.6. The maximum absolute atomic E-state index is 12.8. The van der Waals surface area contributed by atoms with Crippen molar-refractivity contribution in [3.63, 3.8) is 0 Å². The van der Waals surface area contributed by atoms with Crippen molar-refractivity contribution in [2.75, 3.05) is 14.2 Å². The van der Waals surface area contributed by atoms with Crippen molar-refractivity contribution in [3.05, 3.63) is 65.7 Å². The summed E-state index contributed by atoms with van der Waals surface area (Å²) in [5.74, 6) is -0.510. The Hall–Kier alpha value is -4.26. The Balaban J connectivity index is 1.86. The van der Waals surface area contributed by atoms with E-state index in [1.54, 1.807) is 12.1 Å². The van der Waals surface area contributed by atoms with Gasteiger partial charge < -0.3 is 24.1 Å². The van der Waals surface area contributed by atoms with Gasteiger partial charge in [0.05, 0.1) is 19.8 Å². The van der Waals surface area contributed by atoms with Crippen molar-refractivity contribution in [1.82, 2.24) is 0 Å². The fourth-order valence-electron chi connectivity index (χ4n) is 3.81. The van der Waals surface area contributed by atoms with Crippen LogP contribution in [-0.4, -0.2) is 31.3 Å². The van der Waals surface area contributed by atoms with Gasteiger partial charge in [-0.1, -0.05) is 24.3 Å². The van der Waals surface area contributed by atoms with Crippen LogP contribution in [0.15, 0.2) is 54.6 Å². The molecule has 0 saturated heterocycles. The quantitative estimate of drug-likeness (QED) is 0.397. The number of phenols is 1. The summed E-state index contributed by atoms with van der Waals surface area (Å²) in [6, 6.07) is 15.8. The third-order valence-corrected chi connectivity index (χ3v) is 5.22. The molecule has 7 nitrogen and oxygen atoms in total. The molecule has 1 heterocycles. The number of methoxy groups -OCH3 is 2. The zero-order chi connectivity index (χ0) is 21.7. The first-order valence-corrected chi connectivity index (χ1v) is 9.39. The van der Waals surface area contributed by atoms with Crippen molar-refractivity contribution >= 4 is 33.5 Å². The molecule has 1 N–H and O–H groups in total. The van der Waals surface area contributed by atoms with Crippen LogP contribution >= 0.6 is 0 Å². The topological polar surface area (TPSA) is 91.3 Å². The number of phenolic OH excluding ortho intramolecular Hbond substituents is 1. The fraction of sp³-hybridized carbons (Fsp3) is 0.0833. The van der Waals surface area contributed by atoms with Crippen molar-refractivity contribution in [1.29, 1.82) is 0 Å². The van der Waals surface area contributed by atoms with Gasteiger partial charge in [0.2, 0.25) is 0 Å². The molecule has 1 aliphatic rings. The number of fused-ring (bicyclic) bond motifs is 5. The summed E-state index contributed by atoms with van der Waals surface area (Å²) in [5.41, 5.74) is -0.215. The molecule has 4 aromatic rings. The van der Waals surface area contributed by atoms with E-state index in [1.807, 2.05) is 30.3 Å². The Morgan fingerprint density at radius 1 is 0.742 bits per heavy atom. The first kappa shape index (κ1) is 18.7. The second-order valence-electron chi connectivity index (χ2n) is 6.97. The van der Waals surface area contributed by atoms with E-state index in [0.29, 0.717) is 16.9 Å². The van der Waals surface area contributed by atoms with Gasteiger partial charge in [-0.3, -0.25) is 0 Å². The molecule has 7 heteroatoms. The van der Waals surface area contributed by atoms with E-state index in [9.17, 15) is 14.7 Å². The van der Waals surface area contributed by atoms with E-state index in [-0.39, 0.29) is 33.8 Å². The molecule has 4 aromatic carbocycles. The molecule has 0 fully saturated rings. The molecule has 0 unspecified atom stereocenters. The number of hydrogen-bond donors (Lipinski definition) is 1. The van der Waals surface area contributed by atoms with Crippen molar-refractivity contribution in [2.45, 2.75) is 0 Å². The lowest BCUT2D eigenvalue weighted by Crippen LogP contribution is -2.16. The summed E-state index contributed by atoms with van der Waals surface area (Å²) in [6.07, 6.45) is 0. The third kappa shape index (κ3) is 2.82. The van der Waals surface area contributed by atoms with Crippen LogP contribution in [0, 0.1) is 0 Å². The van der Waals surface area contributed by atoms with E-state index in [2.05, 4.69) is 0 Å². The highest BCUT2D eigenvalue weighted by molar-refractivity contribution is 6.17. The molecule has 154 valence electrons. The van der Waals surface area contributed by atoms with Crippen molar-refractivity contribution < 1.29 is 33.6 Å². The standard InChI is InChI=1S/C24H16O7/c1-28-23(26)19-16-11-14(25)7-8-15(16)21-22(20(19)24(27)29-2)31-18-10-13-6-4-3-5-12(13)9-17(18)30-21/h3-11,25H,1-2H3. The number of aromatic hydroxyl groups is 1. The summed E-state index contributed by atoms with van der Waals surface area (Å²) >= 11 is 0. The Morgan fingerprint density at radius 2 is 1.32 bits per heavy atom. The van der Waals surface area contributed by atoms with E-state index >= 15 is 0 Å². The van der Waals surface area contributed by atoms with E-state index in [0.717, 1.165) is 10.8 Å². The van der Waals surface area contributed by atoms with Crippen LogP contribution in [0.1, 0.15) is 20.7 Å². The highest BCUT2D eigenvalue weighted by Gasteiger charge is 2.34. The number of esters is 2. The number of hydrogen-bond acceptors (Lipinski definition) is 7. The first-order valence-electron chi connectivity index (χ1n) is 9.39. The monoisotopic (exact) mass is 416 g/mol. The Morgan fingerprint density at radius 3 is 1.94 bits per heavy atom. The average molecular weight is 416 g/mol. The Labute approximate surface area is 176 Å². The zero-order valence-electron chi connectivity index (χ0n) is 16.6. The molecule has 0 atom stereocenters. The predicted octanol–water partition coefficient (Wildman–Crippen LogP) is 5.17. The first-order chi connectivity index (χ1) is 15.0. The lowest BCUT2D eigenvalue weighted by atomic mass is 9.95. The number of rotatable bonds is 2. The summed E-state index contributed by atoms with van der Waals surface area (Å²) in [7, 11) is 2.41. The van der Waals surface area contributed by atoms with E-state index in [4.69, 9.17) is 18.9 Å². The lowest BCUT2D eigenvalue weighted by molar-refractivity contribution is 0.0553. The van der Waals surface area contributed by atoms with Crippen molar-refractivity contribution in [3.8, 4) is 28.7 Å². The van der Waals surface area contributed by atoms with Gasteiger partial charge in [-0.25, -0.2) is 9.59 Å². The second-order valence-corrected chi connectivity index (χ2v) is 6.97. The zero-order valence-corrected chi connectivity index (χ0v) is 16.6. The molecule has 0 saturated carbocycles. The maximum Gasteiger partial charge on any atom is 0.342 e. The number of ether oxygens (including phenoxy) is 4. The van der Waals surface area contributed by atoms with Crippen LogP contribution < -0.4 is 9.47 Å². The van der Waals surface area contributed by atoms with Gasteiger partial charge in [0.1, 0.15) is 11.3 Å². The molecule has 0 radical (unpaired) electrons. The van der Waals surface area contributed by atoms with E-state index in [1.165, 1.54) is 26.4 Å². The number of carbonyl (C=O) groups excluding carboxylic acids is 2. The fourth-order valence-corrected chi connectivity index (χ4v) is 3.81. The average Bonchev–Trinajstić information content (AvgIpc) is 2.79. The number of benzene rings is 4. The van der Waals surface area contributed by atoms with Crippen LogP contribution in [0.2, 0.25) is 0 Å². The largest absolute Gasteiger partial charge is 0.508 e. The van der Waals surface area contributed by atoms with Gasteiger partial charge in [-0.05, 0) is 41.1 Å².